The fourth-order valence-corrected chi connectivity index (χ4v) is 4.78. The zero-order valence-electron chi connectivity index (χ0n) is 22.8. The number of aliphatic hydroxyl groups excluding tert-OH is 1. The van der Waals surface area contributed by atoms with Crippen LogP contribution < -0.4 is 11.1 Å². The van der Waals surface area contributed by atoms with Crippen molar-refractivity contribution >= 4 is 23.6 Å². The van der Waals surface area contributed by atoms with Gasteiger partial charge in [-0.3, -0.25) is 14.4 Å². The number of aromatic nitrogens is 2. The Kier molecular flexibility index (Phi) is 10.8. The topological polar surface area (TPSA) is 168 Å². The first-order valence-electron chi connectivity index (χ1n) is 13.3. The number of hydrogen-bond donors (Lipinski definition) is 4. The van der Waals surface area contributed by atoms with Gasteiger partial charge in [-0.2, -0.15) is 0 Å². The van der Waals surface area contributed by atoms with Crippen LogP contribution in [0.1, 0.15) is 56.3 Å². The van der Waals surface area contributed by atoms with Crippen LogP contribution in [0.3, 0.4) is 0 Å². The molecule has 0 aromatic carbocycles. The molecule has 212 valence electrons. The summed E-state index contributed by atoms with van der Waals surface area (Å²) in [7, 11) is 0. The van der Waals surface area contributed by atoms with E-state index in [0.717, 1.165) is 5.57 Å². The van der Waals surface area contributed by atoms with Gasteiger partial charge in [0.15, 0.2) is 0 Å². The number of nitrogens with zero attached hydrogens (tertiary/aromatic N) is 2. The highest BCUT2D eigenvalue weighted by Crippen LogP contribution is 2.25. The number of fused-ring (bicyclic) bond motifs is 3. The smallest absolute Gasteiger partial charge is 0.329 e. The molecule has 2 aliphatic rings. The van der Waals surface area contributed by atoms with Crippen LogP contribution in [-0.2, 0) is 25.5 Å². The number of ether oxygens (including phenoxy) is 1. The van der Waals surface area contributed by atoms with Crippen LogP contribution in [0, 0.1) is 11.8 Å². The van der Waals surface area contributed by atoms with Crippen LogP contribution in [0.25, 0.3) is 0 Å². The molecule has 11 nitrogen and oxygen atoms in total. The van der Waals surface area contributed by atoms with Gasteiger partial charge in [0, 0.05) is 31.3 Å². The molecule has 3 heterocycles. The summed E-state index contributed by atoms with van der Waals surface area (Å²) in [6.45, 7) is 6.42. The Bertz CT molecular complexity index is 1140. The van der Waals surface area contributed by atoms with Gasteiger partial charge in [-0.05, 0) is 32.4 Å². The van der Waals surface area contributed by atoms with Crippen LogP contribution in [0.2, 0.25) is 0 Å². The van der Waals surface area contributed by atoms with E-state index in [-0.39, 0.29) is 55.2 Å². The Labute approximate surface area is 228 Å². The second kappa shape index (κ2) is 14.0. The number of esters is 1. The fraction of sp³-hybridized carbons (Fsp3) is 0.536. The summed E-state index contributed by atoms with van der Waals surface area (Å²) in [5, 5.41) is 13.0. The summed E-state index contributed by atoms with van der Waals surface area (Å²) in [4.78, 5) is 59.8. The predicted molar refractivity (Wildman–Crippen MR) is 144 cm³/mol. The molecule has 5 N–H and O–H groups in total. The molecule has 2 aliphatic heterocycles. The molecule has 1 aromatic heterocycles. The zero-order valence-corrected chi connectivity index (χ0v) is 22.8. The molecule has 2 amide bonds. The lowest BCUT2D eigenvalue weighted by atomic mass is 9.92. The summed E-state index contributed by atoms with van der Waals surface area (Å²) in [5.74, 6) is -1.67. The lowest BCUT2D eigenvalue weighted by Crippen LogP contribution is -2.45. The number of rotatable bonds is 2. The first-order valence-corrected chi connectivity index (χ1v) is 13.3. The number of Topliss-reactive ketones (excluding diaryl/α,β-unsaturated/α-hetero) is 1. The third-order valence-electron chi connectivity index (χ3n) is 6.93. The first kappa shape index (κ1) is 30.0. The maximum atomic E-state index is 13.3. The standard InChI is InChI=1S/C28H39N5O6/c1-17-6-4-10-30-25(36)9-8-18(2)26(19(3)15-29)39-28(38)23-7-5-11-33(23)27(37)22-16-31-24(32-22)14-21(35)13-20(34)12-17/h4,6,8-9,12,16,18-20,23,26,34H,5,7,10-11,13-15,29H2,1-3H3,(H,30,36)(H,31,32)/b6-4?,9-8+,17-12?/t18-,19+,20-,23-,26+/m1/s1. The van der Waals surface area contributed by atoms with Gasteiger partial charge in [0.05, 0.1) is 18.7 Å². The Morgan fingerprint density at radius 1 is 1.26 bits per heavy atom. The van der Waals surface area contributed by atoms with E-state index in [9.17, 15) is 24.3 Å². The van der Waals surface area contributed by atoms with Crippen LogP contribution in [0.5, 0.6) is 0 Å². The van der Waals surface area contributed by atoms with Crippen molar-refractivity contribution in [2.75, 3.05) is 19.6 Å². The van der Waals surface area contributed by atoms with Gasteiger partial charge in [-0.15, -0.1) is 0 Å². The minimum absolute atomic E-state index is 0.0753. The Morgan fingerprint density at radius 3 is 2.77 bits per heavy atom. The normalized spacial score (nSPS) is 27.8. The molecule has 11 heteroatoms. The van der Waals surface area contributed by atoms with Gasteiger partial charge in [-0.25, -0.2) is 9.78 Å². The average molecular weight is 542 g/mol. The van der Waals surface area contributed by atoms with Gasteiger partial charge in [-0.1, -0.05) is 43.7 Å². The number of cyclic esters (lactones) is 1. The van der Waals surface area contributed by atoms with Crippen molar-refractivity contribution < 1.29 is 29.0 Å². The van der Waals surface area contributed by atoms with Gasteiger partial charge >= 0.3 is 5.97 Å². The predicted octanol–water partition coefficient (Wildman–Crippen LogP) is 1.21. The number of nitrogens with one attached hydrogen (secondary N) is 2. The molecular formula is C28H39N5O6. The molecule has 0 saturated carbocycles. The number of aromatic amines is 1. The highest BCUT2D eigenvalue weighted by atomic mass is 16.5. The van der Waals surface area contributed by atoms with E-state index in [1.807, 2.05) is 13.8 Å². The molecule has 0 unspecified atom stereocenters. The quantitative estimate of drug-likeness (QED) is 0.405. The van der Waals surface area contributed by atoms with Crippen molar-refractivity contribution in [3.63, 3.8) is 0 Å². The lowest BCUT2D eigenvalue weighted by Gasteiger charge is -2.30. The molecular weight excluding hydrogens is 502 g/mol. The maximum absolute atomic E-state index is 13.3. The SMILES string of the molecule is CC1=C[C@@H](O)CC(=O)Cc2ncc([nH]2)C(=O)N2CCC[C@@H]2C(=O)O[C@H]([C@@H](C)CN)[C@H](C)/C=C/C(=O)NCC=C1. The number of imidazole rings is 1. The molecule has 0 radical (unpaired) electrons. The largest absolute Gasteiger partial charge is 0.460 e. The molecule has 0 spiro atoms. The van der Waals surface area contributed by atoms with Gasteiger partial charge in [0.2, 0.25) is 5.91 Å². The van der Waals surface area contributed by atoms with Crippen molar-refractivity contribution in [3.8, 4) is 0 Å². The van der Waals surface area contributed by atoms with E-state index >= 15 is 0 Å². The van der Waals surface area contributed by atoms with Crippen molar-refractivity contribution in [3.05, 3.63) is 53.7 Å². The van der Waals surface area contributed by atoms with Crippen LogP contribution in [0.4, 0.5) is 0 Å². The van der Waals surface area contributed by atoms with Crippen molar-refractivity contribution in [2.24, 2.45) is 17.6 Å². The van der Waals surface area contributed by atoms with Crippen molar-refractivity contribution in [1.29, 1.82) is 0 Å². The molecule has 39 heavy (non-hydrogen) atoms. The molecule has 1 aromatic rings. The summed E-state index contributed by atoms with van der Waals surface area (Å²) >= 11 is 0. The minimum atomic E-state index is -0.987. The van der Waals surface area contributed by atoms with E-state index < -0.39 is 30.1 Å². The van der Waals surface area contributed by atoms with Crippen molar-refractivity contribution in [2.45, 2.75) is 64.7 Å². The Hall–Kier alpha value is -3.57. The summed E-state index contributed by atoms with van der Waals surface area (Å²) in [6, 6.07) is -0.767. The van der Waals surface area contributed by atoms with Gasteiger partial charge in [0.1, 0.15) is 29.4 Å². The van der Waals surface area contributed by atoms with Gasteiger partial charge in [0.25, 0.3) is 5.91 Å². The number of aliphatic hydroxyl groups is 1. The monoisotopic (exact) mass is 541 g/mol. The molecule has 1 saturated heterocycles. The minimum Gasteiger partial charge on any atom is -0.460 e. The molecule has 3 rings (SSSR count). The Morgan fingerprint density at radius 2 is 2.03 bits per heavy atom. The van der Waals surface area contributed by atoms with Crippen LogP contribution in [0.15, 0.2) is 42.2 Å². The zero-order chi connectivity index (χ0) is 28.5. The third-order valence-corrected chi connectivity index (χ3v) is 6.93. The third kappa shape index (κ3) is 8.46. The van der Waals surface area contributed by atoms with E-state index in [1.165, 1.54) is 17.2 Å². The first-order chi connectivity index (χ1) is 18.6. The highest BCUT2D eigenvalue weighted by Gasteiger charge is 2.38. The van der Waals surface area contributed by atoms with E-state index in [2.05, 4.69) is 15.3 Å². The molecule has 5 atom stereocenters. The lowest BCUT2D eigenvalue weighted by molar-refractivity contribution is -0.158. The number of H-pyrrole nitrogens is 1. The second-order valence-electron chi connectivity index (χ2n) is 10.3. The fourth-order valence-electron chi connectivity index (χ4n) is 4.78. The number of carbonyl (C=O) groups excluding carboxylic acids is 4. The summed E-state index contributed by atoms with van der Waals surface area (Å²) in [5.41, 5.74) is 6.80. The van der Waals surface area contributed by atoms with E-state index in [0.29, 0.717) is 25.2 Å². The number of ketones is 1. The van der Waals surface area contributed by atoms with E-state index in [4.69, 9.17) is 10.5 Å². The summed E-state index contributed by atoms with van der Waals surface area (Å²) in [6.07, 6.45) is 8.81. The molecule has 1 fully saturated rings. The summed E-state index contributed by atoms with van der Waals surface area (Å²) < 4.78 is 5.90. The second-order valence-corrected chi connectivity index (χ2v) is 10.3. The molecule has 0 aliphatic carbocycles. The highest BCUT2D eigenvalue weighted by molar-refractivity contribution is 5.95. The van der Waals surface area contributed by atoms with Gasteiger partial charge < -0.3 is 30.8 Å². The number of carbonyl (C=O) groups is 4. The average Bonchev–Trinajstić information content (AvgIpc) is 3.57. The van der Waals surface area contributed by atoms with Crippen LogP contribution >= 0.6 is 0 Å². The number of hydrogen-bond acceptors (Lipinski definition) is 8. The molecule has 2 bridgehead atoms. The Balaban J connectivity index is 1.87. The number of amides is 2. The van der Waals surface area contributed by atoms with Crippen molar-refractivity contribution in [1.82, 2.24) is 20.2 Å². The van der Waals surface area contributed by atoms with Crippen LogP contribution in [-0.4, -0.2) is 81.4 Å². The van der Waals surface area contributed by atoms with E-state index in [1.54, 1.807) is 31.2 Å². The number of allylic oxidation sites excluding steroid dienone is 2. The number of nitrogens with two attached hydrogens (primary N) is 1. The maximum Gasteiger partial charge on any atom is 0.329 e.